The van der Waals surface area contributed by atoms with E-state index in [2.05, 4.69) is 54.5 Å². The van der Waals surface area contributed by atoms with E-state index in [-0.39, 0.29) is 19.6 Å². The van der Waals surface area contributed by atoms with E-state index in [1.54, 1.807) is 0 Å². The molecule has 6 unspecified atom stereocenters. The molecule has 1 aliphatic heterocycles. The van der Waals surface area contributed by atoms with Crippen LogP contribution in [0, 0.1) is 0 Å². The van der Waals surface area contributed by atoms with Gasteiger partial charge in [-0.1, -0.05) is 172 Å². The summed E-state index contributed by atoms with van der Waals surface area (Å²) >= 11 is 0. The molecule has 1 saturated heterocycles. The molecule has 1 rings (SSSR count). The highest BCUT2D eigenvalue weighted by molar-refractivity contribution is 7.80. The van der Waals surface area contributed by atoms with Gasteiger partial charge >= 0.3 is 16.4 Å². The van der Waals surface area contributed by atoms with Gasteiger partial charge in [-0.3, -0.25) is 9.35 Å². The first-order chi connectivity index (χ1) is 29.1. The molecule has 4 N–H and O–H groups in total. The van der Waals surface area contributed by atoms with E-state index in [1.165, 1.54) is 109 Å². The summed E-state index contributed by atoms with van der Waals surface area (Å²) in [5.74, 6) is -0.406. The van der Waals surface area contributed by atoms with Crippen LogP contribution in [0.1, 0.15) is 194 Å². The minimum atomic E-state index is -5.06. The molecule has 0 spiro atoms. The van der Waals surface area contributed by atoms with E-state index in [4.69, 9.17) is 23.5 Å². The van der Waals surface area contributed by atoms with Gasteiger partial charge in [-0.05, 0) is 51.4 Å². The van der Waals surface area contributed by atoms with Gasteiger partial charge in [0.2, 0.25) is 0 Å². The lowest BCUT2D eigenvalue weighted by molar-refractivity contribution is -0.301. The molecule has 0 amide bonds. The van der Waals surface area contributed by atoms with Crippen LogP contribution in [-0.4, -0.2) is 97.5 Å². The molecule has 6 atom stereocenters. The SMILES string of the molecule is CCCCCCC/C=C\C/C=C\C/C=C\CCCCCCCCCCC(=O)OC(COCCCCCCCCCCCC)COC1OC(CO)C(O)C(OS(=O)(=O)O)C1O. The Morgan fingerprint density at radius 2 is 1.10 bits per heavy atom. The van der Waals surface area contributed by atoms with Crippen molar-refractivity contribution in [2.24, 2.45) is 0 Å². The number of ether oxygens (including phenoxy) is 4. The van der Waals surface area contributed by atoms with Crippen molar-refractivity contribution in [3.63, 3.8) is 0 Å². The number of carbonyl (C=O) groups is 1. The van der Waals surface area contributed by atoms with Crippen molar-refractivity contribution in [3.05, 3.63) is 36.5 Å². The van der Waals surface area contributed by atoms with Crippen LogP contribution < -0.4 is 0 Å². The Hall–Kier alpha value is -1.68. The van der Waals surface area contributed by atoms with Crippen molar-refractivity contribution in [1.82, 2.24) is 0 Å². The first-order valence-electron chi connectivity index (χ1n) is 23.7. The Morgan fingerprint density at radius 1 is 0.633 bits per heavy atom. The topological polar surface area (TPSA) is 178 Å². The minimum Gasteiger partial charge on any atom is -0.457 e. The van der Waals surface area contributed by atoms with E-state index >= 15 is 0 Å². The molecule has 0 aromatic heterocycles. The second kappa shape index (κ2) is 39.0. The fraction of sp³-hybridized carbons (Fsp3) is 0.851. The molecular formula is C47H86O12S. The Labute approximate surface area is 364 Å². The number of unbranched alkanes of at least 4 members (excludes halogenated alkanes) is 22. The molecular weight excluding hydrogens is 789 g/mol. The molecule has 0 aromatic rings. The molecule has 60 heavy (non-hydrogen) atoms. The van der Waals surface area contributed by atoms with Gasteiger partial charge in [0.25, 0.3) is 0 Å². The van der Waals surface area contributed by atoms with Crippen LogP contribution in [-0.2, 0) is 38.3 Å². The van der Waals surface area contributed by atoms with E-state index in [9.17, 15) is 28.5 Å². The average Bonchev–Trinajstić information content (AvgIpc) is 3.22. The lowest BCUT2D eigenvalue weighted by atomic mass is 9.99. The third-order valence-electron chi connectivity index (χ3n) is 10.8. The van der Waals surface area contributed by atoms with E-state index < -0.39 is 59.8 Å². The van der Waals surface area contributed by atoms with Gasteiger partial charge in [-0.25, -0.2) is 4.18 Å². The van der Waals surface area contributed by atoms with Crippen LogP contribution in [0.2, 0.25) is 0 Å². The molecule has 0 aliphatic carbocycles. The molecule has 0 bridgehead atoms. The first kappa shape index (κ1) is 56.3. The fourth-order valence-corrected chi connectivity index (χ4v) is 7.66. The van der Waals surface area contributed by atoms with Gasteiger partial charge in [0, 0.05) is 13.0 Å². The second-order valence-corrected chi connectivity index (χ2v) is 17.4. The third kappa shape index (κ3) is 32.1. The van der Waals surface area contributed by atoms with Gasteiger partial charge in [0.15, 0.2) is 6.29 Å². The molecule has 12 nitrogen and oxygen atoms in total. The van der Waals surface area contributed by atoms with Crippen molar-refractivity contribution in [3.8, 4) is 0 Å². The standard InChI is InChI=1S/C47H86O12S/c1-3-5-7-9-11-13-15-16-17-18-19-20-21-22-23-24-25-26-27-28-30-32-34-36-43(49)57-41(39-55-37-35-33-31-29-14-12-10-8-6-4-2)40-56-47-45(51)46(59-60(52,53)54)44(50)42(38-48)58-47/h15-16,18-19,21-22,41-42,44-48,50-51H,3-14,17,20,23-40H2,1-2H3,(H,52,53,54)/b16-15-,19-18-,22-21-. The number of hydrogen-bond donors (Lipinski definition) is 4. The first-order valence-corrected chi connectivity index (χ1v) is 25.1. The second-order valence-electron chi connectivity index (χ2n) is 16.4. The summed E-state index contributed by atoms with van der Waals surface area (Å²) in [6.45, 7) is 3.96. The van der Waals surface area contributed by atoms with E-state index in [0.29, 0.717) is 13.0 Å². The normalized spacial score (nSPS) is 20.5. The van der Waals surface area contributed by atoms with Gasteiger partial charge in [-0.2, -0.15) is 8.42 Å². The number of hydrogen-bond acceptors (Lipinski definition) is 11. The molecule has 13 heteroatoms. The summed E-state index contributed by atoms with van der Waals surface area (Å²) in [5.41, 5.74) is 0. The molecule has 352 valence electrons. The Bertz CT molecular complexity index is 1190. The summed E-state index contributed by atoms with van der Waals surface area (Å²) in [7, 11) is -5.06. The van der Waals surface area contributed by atoms with Crippen molar-refractivity contribution < 1.29 is 56.2 Å². The zero-order valence-electron chi connectivity index (χ0n) is 37.5. The number of aliphatic hydroxyl groups excluding tert-OH is 3. The highest BCUT2D eigenvalue weighted by Crippen LogP contribution is 2.26. The molecule has 1 heterocycles. The van der Waals surface area contributed by atoms with Crippen molar-refractivity contribution in [1.29, 1.82) is 0 Å². The zero-order chi connectivity index (χ0) is 43.9. The maximum absolute atomic E-state index is 12.8. The van der Waals surface area contributed by atoms with Crippen LogP contribution in [0.15, 0.2) is 36.5 Å². The third-order valence-corrected chi connectivity index (χ3v) is 11.2. The highest BCUT2D eigenvalue weighted by Gasteiger charge is 2.48. The van der Waals surface area contributed by atoms with Crippen molar-refractivity contribution in [2.75, 3.05) is 26.4 Å². The quantitative estimate of drug-likeness (QED) is 0.0198. The average molecular weight is 875 g/mol. The molecule has 0 aromatic carbocycles. The predicted octanol–water partition coefficient (Wildman–Crippen LogP) is 10.2. The minimum absolute atomic E-state index is 0.0348. The molecule has 1 fully saturated rings. The zero-order valence-corrected chi connectivity index (χ0v) is 38.3. The highest BCUT2D eigenvalue weighted by atomic mass is 32.3. The number of esters is 1. The smallest absolute Gasteiger partial charge is 0.397 e. The van der Waals surface area contributed by atoms with Crippen molar-refractivity contribution in [2.45, 2.75) is 230 Å². The van der Waals surface area contributed by atoms with Gasteiger partial charge in [-0.15, -0.1) is 0 Å². The van der Waals surface area contributed by atoms with Crippen LogP contribution in [0.3, 0.4) is 0 Å². The summed E-state index contributed by atoms with van der Waals surface area (Å²) in [5, 5.41) is 30.6. The maximum Gasteiger partial charge on any atom is 0.397 e. The largest absolute Gasteiger partial charge is 0.457 e. The van der Waals surface area contributed by atoms with Crippen LogP contribution in [0.25, 0.3) is 0 Å². The number of carbonyl (C=O) groups excluding carboxylic acids is 1. The lowest BCUT2D eigenvalue weighted by Crippen LogP contribution is -2.60. The Kier molecular flexibility index (Phi) is 36.6. The molecule has 0 radical (unpaired) electrons. The van der Waals surface area contributed by atoms with Gasteiger partial charge in [0.05, 0.1) is 19.8 Å². The summed E-state index contributed by atoms with van der Waals surface area (Å²) < 4.78 is 59.0. The fourth-order valence-electron chi connectivity index (χ4n) is 7.15. The summed E-state index contributed by atoms with van der Waals surface area (Å²) in [6, 6.07) is 0. The predicted molar refractivity (Wildman–Crippen MR) is 239 cm³/mol. The van der Waals surface area contributed by atoms with Gasteiger partial charge < -0.3 is 34.3 Å². The molecule has 1 aliphatic rings. The Morgan fingerprint density at radius 3 is 1.60 bits per heavy atom. The number of rotatable bonds is 41. The van der Waals surface area contributed by atoms with E-state index in [1.807, 2.05) is 0 Å². The summed E-state index contributed by atoms with van der Waals surface area (Å²) in [6.07, 6.45) is 36.1. The summed E-state index contributed by atoms with van der Waals surface area (Å²) in [4.78, 5) is 12.8. The monoisotopic (exact) mass is 875 g/mol. The van der Waals surface area contributed by atoms with Crippen LogP contribution in [0.5, 0.6) is 0 Å². The Balaban J connectivity index is 2.35. The lowest BCUT2D eigenvalue weighted by Gasteiger charge is -2.41. The van der Waals surface area contributed by atoms with E-state index in [0.717, 1.165) is 57.8 Å². The van der Waals surface area contributed by atoms with Gasteiger partial charge in [0.1, 0.15) is 30.5 Å². The maximum atomic E-state index is 12.8. The van der Waals surface area contributed by atoms with Crippen molar-refractivity contribution >= 4 is 16.4 Å². The van der Waals surface area contributed by atoms with Crippen LogP contribution in [0.4, 0.5) is 0 Å². The molecule has 0 saturated carbocycles. The van der Waals surface area contributed by atoms with Crippen LogP contribution >= 0.6 is 0 Å². The number of aliphatic hydroxyl groups is 3. The number of allylic oxidation sites excluding steroid dienone is 6.